The summed E-state index contributed by atoms with van der Waals surface area (Å²) < 4.78 is 44.0. The summed E-state index contributed by atoms with van der Waals surface area (Å²) in [7, 11) is 0. The van der Waals surface area contributed by atoms with Crippen LogP contribution in [-0.2, 0) is 17.5 Å². The number of alkyl halides is 3. The quantitative estimate of drug-likeness (QED) is 0.727. The van der Waals surface area contributed by atoms with Gasteiger partial charge in [-0.1, -0.05) is 22.0 Å². The maximum atomic E-state index is 12.8. The molecular weight excluding hydrogens is 413 g/mol. The molecule has 2 rings (SSSR count). The lowest BCUT2D eigenvalue weighted by Gasteiger charge is -2.33. The zero-order valence-electron chi connectivity index (χ0n) is 15.1. The minimum Gasteiger partial charge on any atom is -0.444 e. The molecule has 1 amide bonds. The van der Waals surface area contributed by atoms with E-state index < -0.39 is 23.4 Å². The van der Waals surface area contributed by atoms with Crippen molar-refractivity contribution in [2.24, 2.45) is 0 Å². The average Bonchev–Trinajstić information content (AvgIpc) is 2.46. The molecule has 26 heavy (non-hydrogen) atoms. The fraction of sp³-hybridized carbons (Fsp3) is 0.611. The molecule has 1 unspecified atom stereocenters. The fourth-order valence-corrected chi connectivity index (χ4v) is 3.39. The molecule has 0 bridgehead atoms. The maximum absolute atomic E-state index is 12.8. The van der Waals surface area contributed by atoms with E-state index in [2.05, 4.69) is 26.1 Å². The van der Waals surface area contributed by atoms with Crippen LogP contribution in [0.25, 0.3) is 0 Å². The van der Waals surface area contributed by atoms with Crippen LogP contribution < -0.4 is 5.32 Å². The van der Waals surface area contributed by atoms with Gasteiger partial charge in [0.25, 0.3) is 0 Å². The van der Waals surface area contributed by atoms with Gasteiger partial charge in [0.15, 0.2) is 0 Å². The topological polar surface area (TPSA) is 41.6 Å². The van der Waals surface area contributed by atoms with Crippen molar-refractivity contribution < 1.29 is 22.7 Å². The Bertz CT molecular complexity index is 644. The van der Waals surface area contributed by atoms with Gasteiger partial charge in [-0.25, -0.2) is 4.79 Å². The highest BCUT2D eigenvalue weighted by molar-refractivity contribution is 9.10. The van der Waals surface area contributed by atoms with Crippen molar-refractivity contribution in [3.8, 4) is 0 Å². The van der Waals surface area contributed by atoms with Gasteiger partial charge in [-0.3, -0.25) is 4.90 Å². The van der Waals surface area contributed by atoms with E-state index in [1.807, 2.05) is 20.8 Å². The first-order valence-corrected chi connectivity index (χ1v) is 9.31. The third kappa shape index (κ3) is 6.46. The average molecular weight is 437 g/mol. The van der Waals surface area contributed by atoms with Crippen LogP contribution in [0.2, 0.25) is 0 Å². The van der Waals surface area contributed by atoms with Crippen molar-refractivity contribution >= 4 is 22.0 Å². The molecule has 0 radical (unpaired) electrons. The minimum atomic E-state index is -4.35. The summed E-state index contributed by atoms with van der Waals surface area (Å²) >= 11 is 3.24. The Morgan fingerprint density at radius 1 is 1.35 bits per heavy atom. The van der Waals surface area contributed by atoms with Crippen LogP contribution >= 0.6 is 15.9 Å². The maximum Gasteiger partial charge on any atom is 0.416 e. The van der Waals surface area contributed by atoms with Crippen molar-refractivity contribution in [3.05, 3.63) is 33.8 Å². The molecule has 0 aliphatic carbocycles. The zero-order valence-corrected chi connectivity index (χ0v) is 16.7. The summed E-state index contributed by atoms with van der Waals surface area (Å²) in [6.07, 6.45) is -3.04. The normalized spacial score (nSPS) is 19.3. The lowest BCUT2D eigenvalue weighted by molar-refractivity contribution is -0.137. The number of hydrogen-bond acceptors (Lipinski definition) is 3. The van der Waals surface area contributed by atoms with Gasteiger partial charge in [-0.15, -0.1) is 0 Å². The molecule has 1 atom stereocenters. The number of carbonyl (C=O) groups is 1. The molecule has 0 spiro atoms. The molecule has 0 saturated carbocycles. The molecule has 1 N–H and O–H groups in total. The highest BCUT2D eigenvalue weighted by atomic mass is 79.9. The van der Waals surface area contributed by atoms with Crippen LogP contribution in [0, 0.1) is 0 Å². The van der Waals surface area contributed by atoms with Crippen LogP contribution in [0.3, 0.4) is 0 Å². The Kier molecular flexibility index (Phi) is 6.60. The van der Waals surface area contributed by atoms with Crippen LogP contribution in [-0.4, -0.2) is 35.7 Å². The number of ether oxygens (including phenoxy) is 1. The molecule has 1 fully saturated rings. The van der Waals surface area contributed by atoms with Crippen molar-refractivity contribution in [2.45, 2.75) is 58.0 Å². The number of rotatable bonds is 3. The Labute approximate surface area is 160 Å². The summed E-state index contributed by atoms with van der Waals surface area (Å²) in [5, 5.41) is 2.87. The third-order valence-electron chi connectivity index (χ3n) is 4.00. The largest absolute Gasteiger partial charge is 0.444 e. The summed E-state index contributed by atoms with van der Waals surface area (Å²) in [5.74, 6) is 0. The number of alkyl carbamates (subject to hydrolysis) is 1. The molecule has 0 aromatic heterocycles. The summed E-state index contributed by atoms with van der Waals surface area (Å²) in [6.45, 7) is 7.41. The van der Waals surface area contributed by atoms with Gasteiger partial charge in [0.1, 0.15) is 5.60 Å². The Morgan fingerprint density at radius 2 is 2.04 bits per heavy atom. The second-order valence-corrected chi connectivity index (χ2v) is 8.38. The molecule has 146 valence electrons. The van der Waals surface area contributed by atoms with Gasteiger partial charge in [0.2, 0.25) is 0 Å². The number of nitrogens with one attached hydrogen (secondary N) is 1. The highest BCUT2D eigenvalue weighted by Gasteiger charge is 2.31. The standard InChI is InChI=1S/C18H24BrF3N2O2/c1-17(2,3)26-16(25)23-14-5-4-8-24(11-14)10-12-6-7-13(9-15(12)19)18(20,21)22/h6-7,9,14H,4-5,8,10-11H2,1-3H3,(H,23,25). The van der Waals surface area contributed by atoms with Gasteiger partial charge in [-0.2, -0.15) is 13.2 Å². The minimum absolute atomic E-state index is 0.0353. The molecule has 4 nitrogen and oxygen atoms in total. The molecule has 1 aromatic carbocycles. The van der Waals surface area contributed by atoms with Gasteiger partial charge in [0.05, 0.1) is 5.56 Å². The van der Waals surface area contributed by atoms with Crippen LogP contribution in [0.1, 0.15) is 44.7 Å². The Balaban J connectivity index is 1.95. The number of halogens is 4. The first-order valence-electron chi connectivity index (χ1n) is 8.51. The first kappa shape index (κ1) is 21.0. The van der Waals surface area contributed by atoms with E-state index in [1.165, 1.54) is 6.07 Å². The number of hydrogen-bond donors (Lipinski definition) is 1. The second-order valence-electron chi connectivity index (χ2n) is 7.52. The van der Waals surface area contributed by atoms with Crippen LogP contribution in [0.15, 0.2) is 22.7 Å². The summed E-state index contributed by atoms with van der Waals surface area (Å²) in [4.78, 5) is 14.0. The van der Waals surface area contributed by atoms with Gasteiger partial charge in [0, 0.05) is 23.6 Å². The first-order chi connectivity index (χ1) is 11.9. The molecule has 8 heteroatoms. The van der Waals surface area contributed by atoms with E-state index in [9.17, 15) is 18.0 Å². The lowest BCUT2D eigenvalue weighted by atomic mass is 10.0. The van der Waals surface area contributed by atoms with E-state index in [1.54, 1.807) is 0 Å². The molecule has 1 aromatic rings. The molecule has 1 saturated heterocycles. The van der Waals surface area contributed by atoms with Crippen molar-refractivity contribution in [3.63, 3.8) is 0 Å². The Morgan fingerprint density at radius 3 is 2.62 bits per heavy atom. The van der Waals surface area contributed by atoms with Crippen molar-refractivity contribution in [2.75, 3.05) is 13.1 Å². The molecular formula is C18H24BrF3N2O2. The fourth-order valence-electron chi connectivity index (χ4n) is 2.88. The molecule has 1 aliphatic rings. The highest BCUT2D eigenvalue weighted by Crippen LogP contribution is 2.32. The second kappa shape index (κ2) is 8.17. The van der Waals surface area contributed by atoms with E-state index in [-0.39, 0.29) is 6.04 Å². The number of nitrogens with zero attached hydrogens (tertiary/aromatic N) is 1. The zero-order chi connectivity index (χ0) is 19.5. The van der Waals surface area contributed by atoms with Gasteiger partial charge < -0.3 is 10.1 Å². The molecule has 1 heterocycles. The predicted octanol–water partition coefficient (Wildman–Crippen LogP) is 4.96. The predicted molar refractivity (Wildman–Crippen MR) is 96.8 cm³/mol. The number of benzene rings is 1. The smallest absolute Gasteiger partial charge is 0.416 e. The number of piperidine rings is 1. The SMILES string of the molecule is CC(C)(C)OC(=O)NC1CCCN(Cc2ccc(C(F)(F)F)cc2Br)C1. The number of likely N-dealkylation sites (tertiary alicyclic amines) is 1. The summed E-state index contributed by atoms with van der Waals surface area (Å²) in [5.41, 5.74) is -0.434. The van der Waals surface area contributed by atoms with E-state index in [4.69, 9.17) is 4.74 Å². The monoisotopic (exact) mass is 436 g/mol. The molecule has 1 aliphatic heterocycles. The van der Waals surface area contributed by atoms with Crippen molar-refractivity contribution in [1.29, 1.82) is 0 Å². The van der Waals surface area contributed by atoms with E-state index in [0.29, 0.717) is 17.6 Å². The van der Waals surface area contributed by atoms with Gasteiger partial charge in [-0.05, 0) is 57.9 Å². The Hall–Kier alpha value is -1.28. The number of amides is 1. The van der Waals surface area contributed by atoms with Crippen LogP contribution in [0.5, 0.6) is 0 Å². The van der Waals surface area contributed by atoms with Gasteiger partial charge >= 0.3 is 12.3 Å². The lowest BCUT2D eigenvalue weighted by Crippen LogP contribution is -2.48. The third-order valence-corrected chi connectivity index (χ3v) is 4.74. The van der Waals surface area contributed by atoms with E-state index in [0.717, 1.165) is 37.1 Å². The number of carbonyl (C=O) groups excluding carboxylic acids is 1. The van der Waals surface area contributed by atoms with E-state index >= 15 is 0 Å². The van der Waals surface area contributed by atoms with Crippen LogP contribution in [0.4, 0.5) is 18.0 Å². The summed E-state index contributed by atoms with van der Waals surface area (Å²) in [6, 6.07) is 3.67. The van der Waals surface area contributed by atoms with Crippen molar-refractivity contribution in [1.82, 2.24) is 10.2 Å².